The first-order valence-electron chi connectivity index (χ1n) is 2.54. The van der Waals surface area contributed by atoms with Crippen molar-refractivity contribution in [2.45, 2.75) is 0 Å². The number of hydrogen-bond acceptors (Lipinski definition) is 4. The molecule has 1 heterocycles. The summed E-state index contributed by atoms with van der Waals surface area (Å²) in [5.41, 5.74) is 0. The molecule has 0 aliphatic carbocycles. The Morgan fingerprint density at radius 3 is 2.90 bits per heavy atom. The monoisotopic (exact) mass is 166 g/mol. The van der Waals surface area contributed by atoms with E-state index in [1.807, 2.05) is 0 Å². The van der Waals surface area contributed by atoms with Gasteiger partial charge in [0.05, 0.1) is 0 Å². The molecule has 1 aliphatic heterocycles. The maximum atomic E-state index is 10.6. The van der Waals surface area contributed by atoms with Crippen LogP contribution in [0.3, 0.4) is 0 Å². The number of nitrogens with one attached hydrogen (secondary N) is 2. The normalized spacial score (nSPS) is 24.2. The first-order chi connectivity index (χ1) is 4.60. The Morgan fingerprint density at radius 2 is 2.20 bits per heavy atom. The van der Waals surface area contributed by atoms with Crippen molar-refractivity contribution in [1.29, 1.82) is 0 Å². The van der Waals surface area contributed by atoms with E-state index in [2.05, 4.69) is 9.46 Å². The van der Waals surface area contributed by atoms with Crippen LogP contribution in [0.4, 0.5) is 4.79 Å². The SMILES string of the molecule is O=C1NS(=O)(=O)NCCO1. The number of amides is 1. The average Bonchev–Trinajstić information content (AvgIpc) is 1.90. The second-order valence-corrected chi connectivity index (χ2v) is 3.14. The minimum Gasteiger partial charge on any atom is -0.447 e. The van der Waals surface area contributed by atoms with Crippen LogP contribution in [0.1, 0.15) is 0 Å². The molecule has 0 saturated carbocycles. The highest BCUT2D eigenvalue weighted by atomic mass is 32.2. The summed E-state index contributed by atoms with van der Waals surface area (Å²) >= 11 is 0. The number of hydrogen-bond donors (Lipinski definition) is 2. The summed E-state index contributed by atoms with van der Waals surface area (Å²) in [5, 5.41) is 0. The summed E-state index contributed by atoms with van der Waals surface area (Å²) in [7, 11) is -3.64. The van der Waals surface area contributed by atoms with Gasteiger partial charge in [-0.05, 0) is 0 Å². The zero-order valence-electron chi connectivity index (χ0n) is 4.96. The number of cyclic esters (lactones) is 1. The van der Waals surface area contributed by atoms with Gasteiger partial charge in [0.25, 0.3) is 0 Å². The van der Waals surface area contributed by atoms with Gasteiger partial charge in [-0.25, -0.2) is 9.52 Å². The van der Waals surface area contributed by atoms with E-state index in [-0.39, 0.29) is 13.2 Å². The van der Waals surface area contributed by atoms with Crippen LogP contribution in [0, 0.1) is 0 Å². The van der Waals surface area contributed by atoms with Gasteiger partial charge in [-0.1, -0.05) is 0 Å². The number of ether oxygens (including phenoxy) is 1. The van der Waals surface area contributed by atoms with Crippen LogP contribution < -0.4 is 9.44 Å². The van der Waals surface area contributed by atoms with Crippen molar-refractivity contribution >= 4 is 16.3 Å². The molecule has 1 aliphatic rings. The Morgan fingerprint density at radius 1 is 1.50 bits per heavy atom. The van der Waals surface area contributed by atoms with Gasteiger partial charge < -0.3 is 4.74 Å². The van der Waals surface area contributed by atoms with E-state index in [0.29, 0.717) is 0 Å². The van der Waals surface area contributed by atoms with Crippen LogP contribution in [0.25, 0.3) is 0 Å². The lowest BCUT2D eigenvalue weighted by Gasteiger charge is -1.97. The first-order valence-corrected chi connectivity index (χ1v) is 4.03. The highest BCUT2D eigenvalue weighted by molar-refractivity contribution is 7.88. The van der Waals surface area contributed by atoms with Gasteiger partial charge >= 0.3 is 16.3 Å². The molecule has 0 aromatic heterocycles. The summed E-state index contributed by atoms with van der Waals surface area (Å²) in [6.07, 6.45) is -0.940. The van der Waals surface area contributed by atoms with Gasteiger partial charge in [0, 0.05) is 6.54 Å². The van der Waals surface area contributed by atoms with Crippen LogP contribution in [0.5, 0.6) is 0 Å². The molecule has 0 unspecified atom stereocenters. The first kappa shape index (κ1) is 7.29. The van der Waals surface area contributed by atoms with Gasteiger partial charge in [-0.15, -0.1) is 0 Å². The van der Waals surface area contributed by atoms with Crippen LogP contribution >= 0.6 is 0 Å². The third-order valence-corrected chi connectivity index (χ3v) is 1.86. The number of carbonyl (C=O) groups is 1. The summed E-state index contributed by atoms with van der Waals surface area (Å²) in [5.74, 6) is 0. The van der Waals surface area contributed by atoms with Gasteiger partial charge in [0.1, 0.15) is 6.61 Å². The molecule has 7 heteroatoms. The highest BCUT2D eigenvalue weighted by Gasteiger charge is 2.17. The fourth-order valence-electron chi connectivity index (χ4n) is 0.495. The smallest absolute Gasteiger partial charge is 0.421 e. The zero-order chi connectivity index (χ0) is 7.61. The van der Waals surface area contributed by atoms with E-state index in [1.54, 1.807) is 4.72 Å². The summed E-state index contributed by atoms with van der Waals surface area (Å²) in [6, 6.07) is 0. The number of carbonyl (C=O) groups excluding carboxylic acids is 1. The van der Waals surface area contributed by atoms with Crippen LogP contribution in [-0.4, -0.2) is 27.7 Å². The van der Waals surface area contributed by atoms with Crippen molar-refractivity contribution in [3.63, 3.8) is 0 Å². The topological polar surface area (TPSA) is 84.5 Å². The molecule has 1 fully saturated rings. The van der Waals surface area contributed by atoms with Gasteiger partial charge in [-0.3, -0.25) is 0 Å². The maximum Gasteiger partial charge on any atom is 0.421 e. The third-order valence-electron chi connectivity index (χ3n) is 0.845. The van der Waals surface area contributed by atoms with Gasteiger partial charge in [-0.2, -0.15) is 13.1 Å². The molecule has 0 bridgehead atoms. The van der Waals surface area contributed by atoms with Crippen molar-refractivity contribution in [3.8, 4) is 0 Å². The third kappa shape index (κ3) is 1.85. The molecule has 0 aromatic carbocycles. The molecule has 58 valence electrons. The predicted molar refractivity (Wildman–Crippen MR) is 31.4 cm³/mol. The Kier molecular flexibility index (Phi) is 1.77. The maximum absolute atomic E-state index is 10.6. The van der Waals surface area contributed by atoms with Crippen molar-refractivity contribution in [3.05, 3.63) is 0 Å². The van der Waals surface area contributed by atoms with Crippen molar-refractivity contribution < 1.29 is 17.9 Å². The molecule has 6 nitrogen and oxygen atoms in total. The molecule has 1 amide bonds. The quantitative estimate of drug-likeness (QED) is 0.461. The fraction of sp³-hybridized carbons (Fsp3) is 0.667. The van der Waals surface area contributed by atoms with Crippen molar-refractivity contribution in [2.24, 2.45) is 0 Å². The average molecular weight is 166 g/mol. The lowest BCUT2D eigenvalue weighted by molar-refractivity contribution is 0.158. The second-order valence-electron chi connectivity index (χ2n) is 1.64. The highest BCUT2D eigenvalue weighted by Crippen LogP contribution is 1.86. The van der Waals surface area contributed by atoms with E-state index >= 15 is 0 Å². The predicted octanol–water partition coefficient (Wildman–Crippen LogP) is -1.44. The molecular formula is C3H6N2O4S. The summed E-state index contributed by atoms with van der Waals surface area (Å²) in [4.78, 5) is 10.3. The van der Waals surface area contributed by atoms with Crippen LogP contribution in [0.2, 0.25) is 0 Å². The minimum absolute atomic E-state index is 0.0606. The molecular weight excluding hydrogens is 160 g/mol. The van der Waals surface area contributed by atoms with E-state index < -0.39 is 16.3 Å². The van der Waals surface area contributed by atoms with Crippen LogP contribution in [0.15, 0.2) is 0 Å². The fourth-order valence-corrected chi connectivity index (χ4v) is 1.20. The molecule has 0 spiro atoms. The largest absolute Gasteiger partial charge is 0.447 e. The molecule has 1 rings (SSSR count). The zero-order valence-corrected chi connectivity index (χ0v) is 5.77. The summed E-state index contributed by atoms with van der Waals surface area (Å²) in [6.45, 7) is 0.173. The lowest BCUT2D eigenvalue weighted by Crippen LogP contribution is -2.36. The molecule has 0 radical (unpaired) electrons. The van der Waals surface area contributed by atoms with Gasteiger partial charge in [0.15, 0.2) is 0 Å². The Bertz CT molecular complexity index is 233. The van der Waals surface area contributed by atoms with E-state index in [1.165, 1.54) is 0 Å². The summed E-state index contributed by atoms with van der Waals surface area (Å²) < 4.78 is 29.1. The minimum atomic E-state index is -3.64. The van der Waals surface area contributed by atoms with Gasteiger partial charge in [0.2, 0.25) is 0 Å². The molecule has 0 aromatic rings. The second kappa shape index (κ2) is 2.43. The Labute approximate surface area is 57.7 Å². The molecule has 10 heavy (non-hydrogen) atoms. The van der Waals surface area contributed by atoms with Crippen molar-refractivity contribution in [1.82, 2.24) is 9.44 Å². The molecule has 2 N–H and O–H groups in total. The number of rotatable bonds is 0. The Hall–Kier alpha value is -0.820. The van der Waals surface area contributed by atoms with E-state index in [9.17, 15) is 13.2 Å². The lowest BCUT2D eigenvalue weighted by atomic mass is 10.7. The molecule has 1 saturated heterocycles. The van der Waals surface area contributed by atoms with Crippen molar-refractivity contribution in [2.75, 3.05) is 13.2 Å². The standard InChI is InChI=1S/C3H6N2O4S/c6-3-5-10(7,8)4-1-2-9-3/h4H,1-2H2,(H,5,6). The van der Waals surface area contributed by atoms with E-state index in [0.717, 1.165) is 0 Å². The molecule has 0 atom stereocenters. The Balaban J connectivity index is 2.73. The van der Waals surface area contributed by atoms with Crippen LogP contribution in [-0.2, 0) is 14.9 Å². The van der Waals surface area contributed by atoms with E-state index in [4.69, 9.17) is 0 Å².